The van der Waals surface area contributed by atoms with Crippen molar-refractivity contribution >= 4 is 17.2 Å². The number of nitrogens with two attached hydrogens (primary N) is 1. The second-order valence-electron chi connectivity index (χ2n) is 4.75. The molecule has 0 aliphatic heterocycles. The van der Waals surface area contributed by atoms with Crippen LogP contribution in [0.25, 0.3) is 0 Å². The number of amidine groups is 1. The van der Waals surface area contributed by atoms with Gasteiger partial charge in [-0.15, -0.1) is 0 Å². The molecule has 0 unspecified atom stereocenters. The summed E-state index contributed by atoms with van der Waals surface area (Å²) in [6.07, 6.45) is 1.90. The van der Waals surface area contributed by atoms with Crippen LogP contribution in [0.2, 0.25) is 0 Å². The lowest BCUT2D eigenvalue weighted by atomic mass is 9.88. The maximum Gasteiger partial charge on any atom is 0.144 e. The lowest BCUT2D eigenvalue weighted by molar-refractivity contribution is 0.305. The van der Waals surface area contributed by atoms with E-state index in [4.69, 9.17) is 10.9 Å². The maximum absolute atomic E-state index is 8.64. The van der Waals surface area contributed by atoms with Gasteiger partial charge in [-0.25, -0.2) is 0 Å². The van der Waals surface area contributed by atoms with Gasteiger partial charge in [0.25, 0.3) is 0 Å². The Bertz CT molecular complexity index is 347. The quantitative estimate of drug-likeness (QED) is 0.229. The summed E-state index contributed by atoms with van der Waals surface area (Å²) < 4.78 is 0. The van der Waals surface area contributed by atoms with Crippen LogP contribution in [0.4, 0.5) is 0 Å². The van der Waals surface area contributed by atoms with Gasteiger partial charge in [-0.1, -0.05) is 19.0 Å². The van der Waals surface area contributed by atoms with E-state index in [0.29, 0.717) is 0 Å². The lowest BCUT2D eigenvalue weighted by Crippen LogP contribution is -2.35. The third-order valence-electron chi connectivity index (χ3n) is 2.90. The predicted octanol–water partition coefficient (Wildman–Crippen LogP) is 2.04. The summed E-state index contributed by atoms with van der Waals surface area (Å²) in [5.74, 6) is 0.289. The van der Waals surface area contributed by atoms with Crippen molar-refractivity contribution in [2.75, 3.05) is 13.1 Å². The van der Waals surface area contributed by atoms with E-state index in [0.717, 1.165) is 25.9 Å². The molecular formula is C12H21N3OS. The standard InChI is InChI=1S/C12H21N3OS/c1-12(2,11(13)15-16)5-7-14-6-3-10-4-8-17-9-10/h4,8-9,14,16H,3,5-7H2,1-2H3,(H2,13,15). The van der Waals surface area contributed by atoms with Crippen LogP contribution >= 0.6 is 11.3 Å². The fourth-order valence-corrected chi connectivity index (χ4v) is 2.16. The minimum absolute atomic E-state index is 0.260. The van der Waals surface area contributed by atoms with Gasteiger partial charge in [0.1, 0.15) is 5.84 Å². The molecule has 4 N–H and O–H groups in total. The first kappa shape index (κ1) is 14.0. The Hall–Kier alpha value is -1.07. The largest absolute Gasteiger partial charge is 0.409 e. The molecule has 0 aromatic carbocycles. The zero-order valence-corrected chi connectivity index (χ0v) is 11.3. The molecule has 1 rings (SSSR count). The third-order valence-corrected chi connectivity index (χ3v) is 3.63. The smallest absolute Gasteiger partial charge is 0.144 e. The van der Waals surface area contributed by atoms with E-state index in [1.165, 1.54) is 5.56 Å². The number of oxime groups is 1. The summed E-state index contributed by atoms with van der Waals surface area (Å²) in [6, 6.07) is 2.15. The van der Waals surface area contributed by atoms with E-state index >= 15 is 0 Å². The third kappa shape index (κ3) is 4.75. The molecule has 0 spiro atoms. The molecule has 5 heteroatoms. The summed E-state index contributed by atoms with van der Waals surface area (Å²) in [6.45, 7) is 5.78. The maximum atomic E-state index is 8.64. The number of hydrogen-bond acceptors (Lipinski definition) is 4. The van der Waals surface area contributed by atoms with Crippen LogP contribution in [-0.2, 0) is 6.42 Å². The van der Waals surface area contributed by atoms with Crippen LogP contribution in [-0.4, -0.2) is 24.1 Å². The normalized spacial score (nSPS) is 12.9. The molecule has 1 heterocycles. The molecule has 1 aromatic rings. The number of nitrogens with one attached hydrogen (secondary N) is 1. The van der Waals surface area contributed by atoms with Gasteiger partial charge < -0.3 is 16.3 Å². The van der Waals surface area contributed by atoms with Crippen molar-refractivity contribution in [1.82, 2.24) is 5.32 Å². The van der Waals surface area contributed by atoms with Gasteiger partial charge in [0.2, 0.25) is 0 Å². The number of thiophene rings is 1. The lowest BCUT2D eigenvalue weighted by Gasteiger charge is -2.22. The molecule has 4 nitrogen and oxygen atoms in total. The Morgan fingerprint density at radius 1 is 1.53 bits per heavy atom. The van der Waals surface area contributed by atoms with E-state index in [1.807, 2.05) is 13.8 Å². The highest BCUT2D eigenvalue weighted by molar-refractivity contribution is 7.07. The average molecular weight is 255 g/mol. The van der Waals surface area contributed by atoms with Crippen molar-refractivity contribution in [3.63, 3.8) is 0 Å². The van der Waals surface area contributed by atoms with Crippen LogP contribution in [0.15, 0.2) is 22.0 Å². The molecular weight excluding hydrogens is 234 g/mol. The Kier molecular flexibility index (Phi) is 5.44. The van der Waals surface area contributed by atoms with Gasteiger partial charge in [0.05, 0.1) is 0 Å². The van der Waals surface area contributed by atoms with Gasteiger partial charge >= 0.3 is 0 Å². The van der Waals surface area contributed by atoms with Gasteiger partial charge in [-0.2, -0.15) is 11.3 Å². The van der Waals surface area contributed by atoms with Crippen molar-refractivity contribution in [2.24, 2.45) is 16.3 Å². The second kappa shape index (κ2) is 6.61. The number of nitrogens with zero attached hydrogens (tertiary/aromatic N) is 1. The molecule has 0 amide bonds. The molecule has 0 aliphatic rings. The van der Waals surface area contributed by atoms with E-state index < -0.39 is 0 Å². The zero-order valence-electron chi connectivity index (χ0n) is 10.4. The molecule has 0 atom stereocenters. The fourth-order valence-electron chi connectivity index (χ4n) is 1.46. The summed E-state index contributed by atoms with van der Waals surface area (Å²) in [7, 11) is 0. The van der Waals surface area contributed by atoms with Crippen molar-refractivity contribution in [2.45, 2.75) is 26.7 Å². The highest BCUT2D eigenvalue weighted by Crippen LogP contribution is 2.19. The van der Waals surface area contributed by atoms with Crippen LogP contribution in [0.1, 0.15) is 25.8 Å². The van der Waals surface area contributed by atoms with Crippen molar-refractivity contribution in [3.8, 4) is 0 Å². The number of hydrogen-bond donors (Lipinski definition) is 3. The fraction of sp³-hybridized carbons (Fsp3) is 0.583. The first-order valence-corrected chi connectivity index (χ1v) is 6.70. The minimum Gasteiger partial charge on any atom is -0.409 e. The first-order valence-electron chi connectivity index (χ1n) is 5.76. The highest BCUT2D eigenvalue weighted by Gasteiger charge is 2.22. The molecule has 96 valence electrons. The Morgan fingerprint density at radius 2 is 2.29 bits per heavy atom. The van der Waals surface area contributed by atoms with Crippen molar-refractivity contribution < 1.29 is 5.21 Å². The van der Waals surface area contributed by atoms with Gasteiger partial charge in [-0.05, 0) is 48.3 Å². The zero-order chi connectivity index (χ0) is 12.7. The molecule has 1 aromatic heterocycles. The van der Waals surface area contributed by atoms with Crippen molar-refractivity contribution in [1.29, 1.82) is 0 Å². The van der Waals surface area contributed by atoms with Crippen LogP contribution < -0.4 is 11.1 Å². The summed E-state index contributed by atoms with van der Waals surface area (Å²) in [4.78, 5) is 0. The SMILES string of the molecule is CC(C)(CCNCCc1ccsc1)C(N)=NO. The molecule has 17 heavy (non-hydrogen) atoms. The van der Waals surface area contributed by atoms with Crippen LogP contribution in [0.5, 0.6) is 0 Å². The molecule has 0 radical (unpaired) electrons. The van der Waals surface area contributed by atoms with Crippen molar-refractivity contribution in [3.05, 3.63) is 22.4 Å². The summed E-state index contributed by atoms with van der Waals surface area (Å²) >= 11 is 1.73. The molecule has 0 fully saturated rings. The molecule has 0 saturated carbocycles. The predicted molar refractivity (Wildman–Crippen MR) is 72.7 cm³/mol. The highest BCUT2D eigenvalue weighted by atomic mass is 32.1. The summed E-state index contributed by atoms with van der Waals surface area (Å²) in [5, 5.41) is 19.3. The second-order valence-corrected chi connectivity index (χ2v) is 5.53. The Balaban J connectivity index is 2.16. The van der Waals surface area contributed by atoms with Crippen LogP contribution in [0, 0.1) is 5.41 Å². The van der Waals surface area contributed by atoms with Gasteiger partial charge in [0, 0.05) is 5.41 Å². The van der Waals surface area contributed by atoms with E-state index in [1.54, 1.807) is 11.3 Å². The summed E-state index contributed by atoms with van der Waals surface area (Å²) in [5.41, 5.74) is 6.73. The van der Waals surface area contributed by atoms with Gasteiger partial charge in [0.15, 0.2) is 0 Å². The Morgan fingerprint density at radius 3 is 2.88 bits per heavy atom. The molecule has 0 bridgehead atoms. The topological polar surface area (TPSA) is 70.6 Å². The molecule has 0 aliphatic carbocycles. The van der Waals surface area contributed by atoms with E-state index in [9.17, 15) is 0 Å². The van der Waals surface area contributed by atoms with E-state index in [-0.39, 0.29) is 11.3 Å². The Labute approximate surface area is 107 Å². The molecule has 0 saturated heterocycles. The monoisotopic (exact) mass is 255 g/mol. The van der Waals surface area contributed by atoms with Gasteiger partial charge in [-0.3, -0.25) is 0 Å². The van der Waals surface area contributed by atoms with E-state index in [2.05, 4.69) is 27.3 Å². The number of rotatable bonds is 7. The minimum atomic E-state index is -0.260. The average Bonchev–Trinajstić information content (AvgIpc) is 2.80. The van der Waals surface area contributed by atoms with Crippen LogP contribution in [0.3, 0.4) is 0 Å². The first-order chi connectivity index (χ1) is 8.06.